The zero-order chi connectivity index (χ0) is 11.2. The third-order valence-corrected chi connectivity index (χ3v) is 4.87. The van der Waals surface area contributed by atoms with Crippen molar-refractivity contribution in [1.82, 2.24) is 0 Å². The van der Waals surface area contributed by atoms with Crippen LogP contribution < -0.4 is 0 Å². The summed E-state index contributed by atoms with van der Waals surface area (Å²) >= 11 is 0. The van der Waals surface area contributed by atoms with Crippen LogP contribution in [0.1, 0.15) is 6.92 Å². The largest absolute Gasteiger partial charge is 0.514 e. The number of hydrogen-bond acceptors (Lipinski definition) is 7. The molecule has 14 heavy (non-hydrogen) atoms. The standard InChI is InChI=1S/C6H13NO6Si/c1-5(6(8)13-7-9)14(10-2,11-3)12-4/h5H,1-4H3. The van der Waals surface area contributed by atoms with Crippen molar-refractivity contribution in [3.63, 3.8) is 0 Å². The average molecular weight is 223 g/mol. The van der Waals surface area contributed by atoms with Gasteiger partial charge < -0.3 is 13.3 Å². The first-order valence-corrected chi connectivity index (χ1v) is 5.57. The Morgan fingerprint density at radius 2 is 1.64 bits per heavy atom. The minimum absolute atomic E-state index is 0.805. The highest BCUT2D eigenvalue weighted by atomic mass is 28.4. The zero-order valence-electron chi connectivity index (χ0n) is 8.47. The molecule has 0 amide bonds. The van der Waals surface area contributed by atoms with Crippen LogP contribution in [0, 0.1) is 4.91 Å². The van der Waals surface area contributed by atoms with Gasteiger partial charge in [-0.25, -0.2) is 4.79 Å². The molecule has 0 rings (SSSR count). The van der Waals surface area contributed by atoms with E-state index in [1.807, 2.05) is 5.34 Å². The van der Waals surface area contributed by atoms with E-state index in [0.717, 1.165) is 0 Å². The lowest BCUT2D eigenvalue weighted by Gasteiger charge is -2.27. The van der Waals surface area contributed by atoms with Gasteiger partial charge in [-0.1, -0.05) is 0 Å². The number of rotatable bonds is 6. The van der Waals surface area contributed by atoms with Gasteiger partial charge in [0.05, 0.1) is 0 Å². The highest BCUT2D eigenvalue weighted by Crippen LogP contribution is 2.24. The first-order valence-electron chi connectivity index (χ1n) is 3.77. The Bertz CT molecular complexity index is 198. The SMILES string of the molecule is CO[Si](OC)(OC)C(C)C(=O)ON=O. The zero-order valence-corrected chi connectivity index (χ0v) is 9.47. The second-order valence-electron chi connectivity index (χ2n) is 2.42. The molecule has 0 heterocycles. The van der Waals surface area contributed by atoms with Gasteiger partial charge in [-0.05, 0) is 6.92 Å². The van der Waals surface area contributed by atoms with E-state index in [1.54, 1.807) is 0 Å². The van der Waals surface area contributed by atoms with E-state index in [0.29, 0.717) is 0 Å². The van der Waals surface area contributed by atoms with E-state index in [-0.39, 0.29) is 0 Å². The fourth-order valence-electron chi connectivity index (χ4n) is 1.04. The van der Waals surface area contributed by atoms with E-state index in [1.165, 1.54) is 28.3 Å². The normalized spacial score (nSPS) is 13.4. The molecule has 0 bridgehead atoms. The third kappa shape index (κ3) is 2.58. The Morgan fingerprint density at radius 3 is 1.93 bits per heavy atom. The maximum Gasteiger partial charge on any atom is 0.514 e. The molecule has 0 aliphatic heterocycles. The monoisotopic (exact) mass is 223 g/mol. The lowest BCUT2D eigenvalue weighted by Crippen LogP contribution is -2.49. The molecular formula is C6H13NO6Si. The summed E-state index contributed by atoms with van der Waals surface area (Å²) in [5, 5.41) is 2.03. The van der Waals surface area contributed by atoms with Crippen LogP contribution in [0.2, 0.25) is 5.54 Å². The lowest BCUT2D eigenvalue weighted by molar-refractivity contribution is -0.145. The molecule has 1 atom stereocenters. The molecule has 7 nitrogen and oxygen atoms in total. The molecule has 0 aliphatic carbocycles. The first-order chi connectivity index (χ1) is 6.57. The predicted molar refractivity (Wildman–Crippen MR) is 48.1 cm³/mol. The Kier molecular flexibility index (Phi) is 5.46. The molecule has 82 valence electrons. The number of hydrogen-bond donors (Lipinski definition) is 0. The second-order valence-corrected chi connectivity index (χ2v) is 5.72. The molecule has 0 saturated carbocycles. The van der Waals surface area contributed by atoms with Crippen molar-refractivity contribution in [3.8, 4) is 0 Å². The maximum absolute atomic E-state index is 11.1. The third-order valence-electron chi connectivity index (χ3n) is 1.86. The summed E-state index contributed by atoms with van der Waals surface area (Å²) < 4.78 is 15.0. The van der Waals surface area contributed by atoms with Gasteiger partial charge >= 0.3 is 14.8 Å². The van der Waals surface area contributed by atoms with Crippen LogP contribution in [-0.4, -0.2) is 36.1 Å². The van der Waals surface area contributed by atoms with Crippen molar-refractivity contribution in [2.24, 2.45) is 5.34 Å². The summed E-state index contributed by atoms with van der Waals surface area (Å²) in [5.41, 5.74) is -0.805. The Labute approximate surface area is 82.6 Å². The second kappa shape index (κ2) is 5.80. The van der Waals surface area contributed by atoms with E-state index < -0.39 is 20.3 Å². The summed E-state index contributed by atoms with van der Waals surface area (Å²) in [6.45, 7) is 1.48. The minimum Gasteiger partial charge on any atom is -0.376 e. The predicted octanol–water partition coefficient (Wildman–Crippen LogP) is 0.479. The average Bonchev–Trinajstić information content (AvgIpc) is 2.21. The number of carbonyl (C=O) groups is 1. The van der Waals surface area contributed by atoms with Crippen LogP contribution in [0.5, 0.6) is 0 Å². The fraction of sp³-hybridized carbons (Fsp3) is 0.833. The van der Waals surface area contributed by atoms with Crippen molar-refractivity contribution >= 4 is 14.8 Å². The lowest BCUT2D eigenvalue weighted by atomic mass is 10.5. The molecule has 8 heteroatoms. The van der Waals surface area contributed by atoms with E-state index >= 15 is 0 Å². The molecule has 0 aromatic rings. The van der Waals surface area contributed by atoms with Gasteiger partial charge in [0.25, 0.3) is 0 Å². The van der Waals surface area contributed by atoms with Gasteiger partial charge in [-0.15, -0.1) is 4.91 Å². The fourth-order valence-corrected chi connectivity index (χ4v) is 2.94. The first kappa shape index (κ1) is 13.2. The number of nitrogens with zero attached hydrogens (tertiary/aromatic N) is 1. The van der Waals surface area contributed by atoms with Crippen molar-refractivity contribution in [1.29, 1.82) is 0 Å². The van der Waals surface area contributed by atoms with E-state index in [9.17, 15) is 9.70 Å². The van der Waals surface area contributed by atoms with Gasteiger partial charge in [-0.3, -0.25) is 4.84 Å². The van der Waals surface area contributed by atoms with Crippen LogP contribution >= 0.6 is 0 Å². The van der Waals surface area contributed by atoms with Gasteiger partial charge in [0, 0.05) is 21.3 Å². The summed E-state index contributed by atoms with van der Waals surface area (Å²) in [4.78, 5) is 24.8. The molecule has 0 N–H and O–H groups in total. The van der Waals surface area contributed by atoms with Crippen LogP contribution in [0.3, 0.4) is 0 Å². The molecule has 0 fully saturated rings. The molecule has 0 aromatic heterocycles. The van der Waals surface area contributed by atoms with Crippen LogP contribution in [0.4, 0.5) is 0 Å². The summed E-state index contributed by atoms with van der Waals surface area (Å²) in [6.07, 6.45) is 0. The Morgan fingerprint density at radius 1 is 1.21 bits per heavy atom. The summed E-state index contributed by atoms with van der Waals surface area (Å²) in [7, 11) is 0.981. The molecule has 1 unspecified atom stereocenters. The van der Waals surface area contributed by atoms with Crippen LogP contribution in [0.25, 0.3) is 0 Å². The van der Waals surface area contributed by atoms with Gasteiger partial charge in [-0.2, -0.15) is 0 Å². The molecule has 0 saturated heterocycles. The topological polar surface area (TPSA) is 83.4 Å². The molecule has 0 radical (unpaired) electrons. The Balaban J connectivity index is 4.65. The highest BCUT2D eigenvalue weighted by Gasteiger charge is 2.50. The molecule has 0 spiro atoms. The molecular weight excluding hydrogens is 210 g/mol. The minimum atomic E-state index is -3.09. The van der Waals surface area contributed by atoms with Crippen molar-refractivity contribution in [2.45, 2.75) is 12.5 Å². The summed E-state index contributed by atoms with van der Waals surface area (Å²) in [6, 6.07) is 0. The summed E-state index contributed by atoms with van der Waals surface area (Å²) in [5.74, 6) is -0.836. The van der Waals surface area contributed by atoms with Crippen LogP contribution in [0.15, 0.2) is 5.34 Å². The van der Waals surface area contributed by atoms with E-state index in [2.05, 4.69) is 4.84 Å². The Hall–Kier alpha value is -0.833. The van der Waals surface area contributed by atoms with Gasteiger partial charge in [0.2, 0.25) is 0 Å². The van der Waals surface area contributed by atoms with Crippen molar-refractivity contribution in [3.05, 3.63) is 4.91 Å². The smallest absolute Gasteiger partial charge is 0.376 e. The van der Waals surface area contributed by atoms with Crippen molar-refractivity contribution < 1.29 is 22.9 Å². The molecule has 0 aromatic carbocycles. The van der Waals surface area contributed by atoms with Gasteiger partial charge in [0.15, 0.2) is 5.34 Å². The number of carbonyl (C=O) groups excluding carboxylic acids is 1. The quantitative estimate of drug-likeness (QED) is 0.370. The van der Waals surface area contributed by atoms with E-state index in [4.69, 9.17) is 13.3 Å². The maximum atomic E-state index is 11.1. The van der Waals surface area contributed by atoms with Gasteiger partial charge in [0.1, 0.15) is 5.54 Å². The molecule has 0 aliphatic rings. The van der Waals surface area contributed by atoms with Crippen LogP contribution in [-0.2, 0) is 22.9 Å². The highest BCUT2D eigenvalue weighted by molar-refractivity contribution is 6.65. The van der Waals surface area contributed by atoms with Crippen molar-refractivity contribution in [2.75, 3.05) is 21.3 Å².